The summed E-state index contributed by atoms with van der Waals surface area (Å²) < 4.78 is 11.2. The standard InChI is InChI=1S/C20H18ClNO4S/c1-3-25-16-9-8-13(10-17(16)26-4-2)11-18-19(23)22(20(24)27-18)15-7-5-6-14(21)12-15/h5-12H,3-4H2,1-2H3/b18-11-. The lowest BCUT2D eigenvalue weighted by Gasteiger charge is -2.12. The molecule has 0 atom stereocenters. The van der Waals surface area contributed by atoms with E-state index in [4.69, 9.17) is 21.1 Å². The summed E-state index contributed by atoms with van der Waals surface area (Å²) in [5, 5.41) is 0.105. The average Bonchev–Trinajstić information content (AvgIpc) is 2.91. The van der Waals surface area contributed by atoms with Crippen LogP contribution in [0.15, 0.2) is 47.4 Å². The smallest absolute Gasteiger partial charge is 0.298 e. The van der Waals surface area contributed by atoms with Gasteiger partial charge in [-0.25, -0.2) is 4.90 Å². The number of nitrogens with zero attached hydrogens (tertiary/aromatic N) is 1. The molecule has 1 saturated heterocycles. The zero-order chi connectivity index (χ0) is 19.4. The van der Waals surface area contributed by atoms with E-state index in [0.717, 1.165) is 22.2 Å². The minimum Gasteiger partial charge on any atom is -0.490 e. The van der Waals surface area contributed by atoms with Gasteiger partial charge in [-0.3, -0.25) is 9.59 Å². The summed E-state index contributed by atoms with van der Waals surface area (Å²) >= 11 is 6.87. The van der Waals surface area contributed by atoms with E-state index in [-0.39, 0.29) is 11.1 Å². The van der Waals surface area contributed by atoms with Gasteiger partial charge in [0.15, 0.2) is 11.5 Å². The summed E-state index contributed by atoms with van der Waals surface area (Å²) in [6.45, 7) is 4.81. The van der Waals surface area contributed by atoms with Crippen molar-refractivity contribution < 1.29 is 19.1 Å². The highest BCUT2D eigenvalue weighted by atomic mass is 35.5. The van der Waals surface area contributed by atoms with Crippen LogP contribution >= 0.6 is 23.4 Å². The molecule has 1 fully saturated rings. The van der Waals surface area contributed by atoms with Crippen molar-refractivity contribution in [3.05, 3.63) is 58.0 Å². The summed E-state index contributed by atoms with van der Waals surface area (Å²) in [6.07, 6.45) is 1.67. The number of anilines is 1. The minimum atomic E-state index is -0.376. The largest absolute Gasteiger partial charge is 0.490 e. The van der Waals surface area contributed by atoms with Gasteiger partial charge in [0, 0.05) is 5.02 Å². The maximum absolute atomic E-state index is 12.7. The Morgan fingerprint density at radius 1 is 1.04 bits per heavy atom. The molecule has 3 rings (SSSR count). The van der Waals surface area contributed by atoms with Crippen molar-refractivity contribution in [2.75, 3.05) is 18.1 Å². The maximum Gasteiger partial charge on any atom is 0.298 e. The molecule has 0 bridgehead atoms. The van der Waals surface area contributed by atoms with E-state index in [1.54, 1.807) is 42.5 Å². The fourth-order valence-corrected chi connectivity index (χ4v) is 3.64. The van der Waals surface area contributed by atoms with Crippen molar-refractivity contribution in [3.8, 4) is 11.5 Å². The van der Waals surface area contributed by atoms with Crippen LogP contribution in [0.1, 0.15) is 19.4 Å². The molecule has 0 N–H and O–H groups in total. The van der Waals surface area contributed by atoms with Crippen LogP contribution in [0.3, 0.4) is 0 Å². The third-order valence-electron chi connectivity index (χ3n) is 3.73. The van der Waals surface area contributed by atoms with Crippen LogP contribution < -0.4 is 14.4 Å². The van der Waals surface area contributed by atoms with Gasteiger partial charge in [0.1, 0.15) is 0 Å². The molecular weight excluding hydrogens is 386 g/mol. The molecule has 1 heterocycles. The van der Waals surface area contributed by atoms with Gasteiger partial charge in [0.2, 0.25) is 0 Å². The fraction of sp³-hybridized carbons (Fsp3) is 0.200. The third kappa shape index (κ3) is 4.28. The van der Waals surface area contributed by atoms with E-state index in [9.17, 15) is 9.59 Å². The number of halogens is 1. The third-order valence-corrected chi connectivity index (χ3v) is 4.83. The van der Waals surface area contributed by atoms with E-state index in [2.05, 4.69) is 0 Å². The van der Waals surface area contributed by atoms with Gasteiger partial charge >= 0.3 is 0 Å². The highest BCUT2D eigenvalue weighted by Crippen LogP contribution is 2.37. The maximum atomic E-state index is 12.7. The molecule has 0 saturated carbocycles. The molecule has 2 amide bonds. The number of imide groups is 1. The lowest BCUT2D eigenvalue weighted by atomic mass is 10.1. The monoisotopic (exact) mass is 403 g/mol. The number of hydrogen-bond donors (Lipinski definition) is 0. The van der Waals surface area contributed by atoms with Crippen LogP contribution in [-0.4, -0.2) is 24.4 Å². The van der Waals surface area contributed by atoms with Crippen LogP contribution in [0.25, 0.3) is 6.08 Å². The van der Waals surface area contributed by atoms with Gasteiger partial charge in [0.25, 0.3) is 11.1 Å². The van der Waals surface area contributed by atoms with Crippen LogP contribution in [0, 0.1) is 0 Å². The molecule has 0 radical (unpaired) electrons. The predicted octanol–water partition coefficient (Wildman–Crippen LogP) is 5.38. The highest BCUT2D eigenvalue weighted by molar-refractivity contribution is 8.19. The quantitative estimate of drug-likeness (QED) is 0.606. The molecule has 1 aliphatic rings. The van der Waals surface area contributed by atoms with Gasteiger partial charge in [-0.05, 0) is 67.6 Å². The summed E-state index contributed by atoms with van der Waals surface area (Å²) in [5.74, 6) is 0.866. The summed E-state index contributed by atoms with van der Waals surface area (Å²) in [6, 6.07) is 12.1. The number of rotatable bonds is 6. The Hall–Kier alpha value is -2.44. The average molecular weight is 404 g/mol. The normalized spacial score (nSPS) is 15.5. The molecule has 0 aromatic heterocycles. The number of thioether (sulfide) groups is 1. The Labute approximate surface area is 166 Å². The molecule has 0 aliphatic carbocycles. The molecule has 2 aromatic rings. The van der Waals surface area contributed by atoms with Crippen molar-refractivity contribution in [3.63, 3.8) is 0 Å². The summed E-state index contributed by atoms with van der Waals surface area (Å²) in [4.78, 5) is 26.5. The first-order valence-electron chi connectivity index (χ1n) is 8.46. The Kier molecular flexibility index (Phi) is 6.08. The van der Waals surface area contributed by atoms with E-state index in [0.29, 0.717) is 40.3 Å². The number of hydrogen-bond acceptors (Lipinski definition) is 5. The molecular formula is C20H18ClNO4S. The van der Waals surface area contributed by atoms with E-state index < -0.39 is 0 Å². The SMILES string of the molecule is CCOc1ccc(/C=C2\SC(=O)N(c3cccc(Cl)c3)C2=O)cc1OCC. The topological polar surface area (TPSA) is 55.8 Å². The number of benzene rings is 2. The van der Waals surface area contributed by atoms with Crippen LogP contribution in [0.5, 0.6) is 11.5 Å². The first kappa shape index (κ1) is 19.3. The van der Waals surface area contributed by atoms with Crippen molar-refractivity contribution >= 4 is 46.3 Å². The first-order valence-corrected chi connectivity index (χ1v) is 9.66. The Morgan fingerprint density at radius 3 is 2.48 bits per heavy atom. The van der Waals surface area contributed by atoms with E-state index in [1.165, 1.54) is 0 Å². The van der Waals surface area contributed by atoms with Gasteiger partial charge in [-0.2, -0.15) is 0 Å². The van der Waals surface area contributed by atoms with Crippen molar-refractivity contribution in [1.29, 1.82) is 0 Å². The number of carbonyl (C=O) groups is 2. The second-order valence-corrected chi connectivity index (χ2v) is 7.00. The lowest BCUT2D eigenvalue weighted by Crippen LogP contribution is -2.27. The zero-order valence-electron chi connectivity index (χ0n) is 14.9. The second-order valence-electron chi connectivity index (χ2n) is 5.57. The van der Waals surface area contributed by atoms with Gasteiger partial charge < -0.3 is 9.47 Å². The van der Waals surface area contributed by atoms with Crippen LogP contribution in [0.4, 0.5) is 10.5 Å². The van der Waals surface area contributed by atoms with Crippen molar-refractivity contribution in [1.82, 2.24) is 0 Å². The predicted molar refractivity (Wildman–Crippen MR) is 109 cm³/mol. The zero-order valence-corrected chi connectivity index (χ0v) is 16.5. The molecule has 0 unspecified atom stereocenters. The van der Waals surface area contributed by atoms with Gasteiger partial charge in [-0.1, -0.05) is 23.7 Å². The summed E-state index contributed by atoms with van der Waals surface area (Å²) in [5.41, 5.74) is 1.20. The number of ether oxygens (including phenoxy) is 2. The fourth-order valence-electron chi connectivity index (χ4n) is 2.61. The van der Waals surface area contributed by atoms with Crippen molar-refractivity contribution in [2.45, 2.75) is 13.8 Å². The molecule has 1 aliphatic heterocycles. The lowest BCUT2D eigenvalue weighted by molar-refractivity contribution is -0.113. The molecule has 0 spiro atoms. The van der Waals surface area contributed by atoms with Crippen molar-refractivity contribution in [2.24, 2.45) is 0 Å². The first-order chi connectivity index (χ1) is 13.0. The second kappa shape index (κ2) is 8.50. The number of amides is 2. The Bertz CT molecular complexity index is 913. The Balaban J connectivity index is 1.90. The van der Waals surface area contributed by atoms with Crippen LogP contribution in [-0.2, 0) is 4.79 Å². The highest BCUT2D eigenvalue weighted by Gasteiger charge is 2.36. The minimum absolute atomic E-state index is 0.339. The number of carbonyl (C=O) groups excluding carboxylic acids is 2. The molecule has 2 aromatic carbocycles. The van der Waals surface area contributed by atoms with Crippen LogP contribution in [0.2, 0.25) is 5.02 Å². The van der Waals surface area contributed by atoms with Gasteiger partial charge in [-0.15, -0.1) is 0 Å². The molecule has 7 heteroatoms. The van der Waals surface area contributed by atoms with Gasteiger partial charge in [0.05, 0.1) is 23.8 Å². The molecule has 5 nitrogen and oxygen atoms in total. The Morgan fingerprint density at radius 2 is 1.78 bits per heavy atom. The molecule has 140 valence electrons. The van der Waals surface area contributed by atoms with E-state index >= 15 is 0 Å². The van der Waals surface area contributed by atoms with E-state index in [1.807, 2.05) is 19.9 Å². The summed E-state index contributed by atoms with van der Waals surface area (Å²) in [7, 11) is 0. The molecule has 27 heavy (non-hydrogen) atoms.